The number of hydrogen-bond acceptors (Lipinski definition) is 5. The van der Waals surface area contributed by atoms with Crippen molar-refractivity contribution < 1.29 is 22.7 Å². The first kappa shape index (κ1) is 24.2. The molecule has 3 aromatic rings. The zero-order valence-electron chi connectivity index (χ0n) is 18.7. The summed E-state index contributed by atoms with van der Waals surface area (Å²) in [5, 5.41) is 13.2. The minimum Gasteiger partial charge on any atom is -0.457 e. The van der Waals surface area contributed by atoms with Gasteiger partial charge in [0.25, 0.3) is 0 Å². The van der Waals surface area contributed by atoms with Gasteiger partial charge in [0.15, 0.2) is 0 Å². The quantitative estimate of drug-likeness (QED) is 0.305. The number of carbonyl (C=O) groups excluding carboxylic acids is 1. The Morgan fingerprint density at radius 1 is 1.14 bits per heavy atom. The molecule has 0 saturated carbocycles. The molecule has 35 heavy (non-hydrogen) atoms. The highest BCUT2D eigenvalue weighted by atomic mass is 19.4. The van der Waals surface area contributed by atoms with E-state index in [9.17, 15) is 18.0 Å². The number of alkyl halides is 3. The van der Waals surface area contributed by atoms with E-state index in [4.69, 9.17) is 10.1 Å². The maximum atomic E-state index is 13.4. The van der Waals surface area contributed by atoms with Crippen LogP contribution in [0.25, 0.3) is 11.3 Å². The summed E-state index contributed by atoms with van der Waals surface area (Å²) in [5.41, 5.74) is 1.55. The smallest absolute Gasteiger partial charge is 0.420 e. The van der Waals surface area contributed by atoms with Gasteiger partial charge in [-0.05, 0) is 60.2 Å². The molecule has 2 heterocycles. The molecule has 0 unspecified atom stereocenters. The molecule has 1 aliphatic heterocycles. The highest BCUT2D eigenvalue weighted by Crippen LogP contribution is 2.38. The molecule has 2 aromatic carbocycles. The molecule has 0 aliphatic carbocycles. The van der Waals surface area contributed by atoms with Crippen LogP contribution in [0.4, 0.5) is 18.0 Å². The summed E-state index contributed by atoms with van der Waals surface area (Å²) in [6.07, 6.45) is -3.75. The lowest BCUT2D eigenvalue weighted by Crippen LogP contribution is -2.34. The van der Waals surface area contributed by atoms with E-state index in [1.807, 2.05) is 18.2 Å². The number of hydrogen-bond donors (Lipinski definition) is 3. The van der Waals surface area contributed by atoms with Gasteiger partial charge in [-0.1, -0.05) is 6.07 Å². The van der Waals surface area contributed by atoms with E-state index in [1.165, 1.54) is 12.1 Å². The zero-order valence-corrected chi connectivity index (χ0v) is 18.7. The third-order valence-corrected chi connectivity index (χ3v) is 5.47. The fraction of sp³-hybridized carbons (Fsp3) is 0.240. The molecule has 1 aliphatic rings. The Bertz CT molecular complexity index is 1200. The number of urea groups is 1. The van der Waals surface area contributed by atoms with E-state index in [0.717, 1.165) is 29.2 Å². The van der Waals surface area contributed by atoms with Gasteiger partial charge in [0, 0.05) is 44.5 Å². The van der Waals surface area contributed by atoms with Crippen molar-refractivity contribution in [3.8, 4) is 22.8 Å². The molecule has 1 fully saturated rings. The number of carbonyl (C=O) groups is 1. The van der Waals surface area contributed by atoms with Crippen molar-refractivity contribution in [3.05, 3.63) is 77.5 Å². The molecular formula is C25H24F3N5O2. The van der Waals surface area contributed by atoms with E-state index in [1.54, 1.807) is 29.2 Å². The van der Waals surface area contributed by atoms with Crippen molar-refractivity contribution in [1.29, 1.82) is 5.41 Å². The number of ether oxygens (including phenoxy) is 1. The summed E-state index contributed by atoms with van der Waals surface area (Å²) in [5.74, 6) is -0.0703. The van der Waals surface area contributed by atoms with Gasteiger partial charge >= 0.3 is 12.2 Å². The third-order valence-electron chi connectivity index (χ3n) is 5.47. The summed E-state index contributed by atoms with van der Waals surface area (Å²) in [4.78, 5) is 18.0. The van der Waals surface area contributed by atoms with Crippen molar-refractivity contribution in [2.24, 2.45) is 0 Å². The number of rotatable bonds is 9. The lowest BCUT2D eigenvalue weighted by atomic mass is 10.1. The molecule has 0 bridgehead atoms. The van der Waals surface area contributed by atoms with Crippen LogP contribution < -0.4 is 15.4 Å². The molecule has 10 heteroatoms. The van der Waals surface area contributed by atoms with Crippen LogP contribution in [0.5, 0.6) is 11.5 Å². The Balaban J connectivity index is 1.39. The van der Waals surface area contributed by atoms with E-state index in [-0.39, 0.29) is 23.1 Å². The molecule has 7 nitrogen and oxygen atoms in total. The predicted octanol–water partition coefficient (Wildman–Crippen LogP) is 4.67. The van der Waals surface area contributed by atoms with Gasteiger partial charge in [-0.2, -0.15) is 13.2 Å². The van der Waals surface area contributed by atoms with Gasteiger partial charge in [0.2, 0.25) is 0 Å². The van der Waals surface area contributed by atoms with Crippen LogP contribution in [0.2, 0.25) is 0 Å². The van der Waals surface area contributed by atoms with Crippen molar-refractivity contribution in [1.82, 2.24) is 20.5 Å². The highest BCUT2D eigenvalue weighted by Gasteiger charge is 2.34. The van der Waals surface area contributed by atoms with Gasteiger partial charge < -0.3 is 25.7 Å². The molecule has 1 aromatic heterocycles. The Labute approximate surface area is 200 Å². The summed E-state index contributed by atoms with van der Waals surface area (Å²) in [6.45, 7) is 3.18. The SMILES string of the molecule is N=Cc1ccc(Oc2ccc(-c3cccc(CNCCN4CCNC4=O)n3)cc2)c(C(F)(F)F)c1. The molecule has 0 radical (unpaired) electrons. The first-order valence-electron chi connectivity index (χ1n) is 11.0. The third kappa shape index (κ3) is 6.15. The second-order valence-corrected chi connectivity index (χ2v) is 7.93. The number of benzene rings is 2. The van der Waals surface area contributed by atoms with Crippen LogP contribution in [0.15, 0.2) is 60.7 Å². The topological polar surface area (TPSA) is 90.3 Å². The molecule has 182 valence electrons. The highest BCUT2D eigenvalue weighted by molar-refractivity contribution is 5.78. The van der Waals surface area contributed by atoms with Crippen LogP contribution in [0.1, 0.15) is 16.8 Å². The van der Waals surface area contributed by atoms with Crippen LogP contribution in [-0.4, -0.2) is 48.3 Å². The van der Waals surface area contributed by atoms with Crippen LogP contribution >= 0.6 is 0 Å². The number of nitrogens with one attached hydrogen (secondary N) is 3. The van der Waals surface area contributed by atoms with Crippen molar-refractivity contribution in [2.75, 3.05) is 26.2 Å². The second-order valence-electron chi connectivity index (χ2n) is 7.93. The van der Waals surface area contributed by atoms with Crippen LogP contribution in [-0.2, 0) is 12.7 Å². The molecule has 0 atom stereocenters. The number of nitrogens with zero attached hydrogens (tertiary/aromatic N) is 2. The standard InChI is InChI=1S/C25H24F3N5O2/c26-25(27,28)21-14-17(15-29)4-9-23(21)35-20-7-5-18(6-8-20)22-3-1-2-19(32-22)16-30-10-12-33-13-11-31-24(33)34/h1-9,14-15,29-30H,10-13,16H2,(H,31,34). The predicted molar refractivity (Wildman–Crippen MR) is 126 cm³/mol. The van der Waals surface area contributed by atoms with Gasteiger partial charge in [0.05, 0.1) is 17.0 Å². The summed E-state index contributed by atoms with van der Waals surface area (Å²) in [6, 6.07) is 15.7. The Hall–Kier alpha value is -3.92. The maximum absolute atomic E-state index is 13.4. The van der Waals surface area contributed by atoms with E-state index >= 15 is 0 Å². The van der Waals surface area contributed by atoms with Crippen molar-refractivity contribution >= 4 is 12.2 Å². The monoisotopic (exact) mass is 483 g/mol. The van der Waals surface area contributed by atoms with Crippen molar-refractivity contribution in [2.45, 2.75) is 12.7 Å². The van der Waals surface area contributed by atoms with Gasteiger partial charge in [0.1, 0.15) is 11.5 Å². The van der Waals surface area contributed by atoms with Crippen LogP contribution in [0.3, 0.4) is 0 Å². The van der Waals surface area contributed by atoms with Crippen molar-refractivity contribution in [3.63, 3.8) is 0 Å². The number of halogens is 3. The Kier molecular flexibility index (Phi) is 7.31. The summed E-state index contributed by atoms with van der Waals surface area (Å²) < 4.78 is 45.7. The lowest BCUT2D eigenvalue weighted by molar-refractivity contribution is -0.138. The fourth-order valence-electron chi connectivity index (χ4n) is 3.66. The molecule has 2 amide bonds. The largest absolute Gasteiger partial charge is 0.457 e. The van der Waals surface area contributed by atoms with Gasteiger partial charge in [-0.3, -0.25) is 4.98 Å². The van der Waals surface area contributed by atoms with Crippen LogP contribution in [0, 0.1) is 5.41 Å². The number of amides is 2. The minimum atomic E-state index is -4.60. The molecular weight excluding hydrogens is 459 g/mol. The molecule has 3 N–H and O–H groups in total. The Morgan fingerprint density at radius 3 is 2.63 bits per heavy atom. The zero-order chi connectivity index (χ0) is 24.8. The maximum Gasteiger partial charge on any atom is 0.420 e. The summed E-state index contributed by atoms with van der Waals surface area (Å²) in [7, 11) is 0. The number of pyridine rings is 1. The van der Waals surface area contributed by atoms with E-state index in [2.05, 4.69) is 15.6 Å². The average Bonchev–Trinajstić information content (AvgIpc) is 3.26. The van der Waals surface area contributed by atoms with E-state index in [0.29, 0.717) is 32.7 Å². The molecule has 0 spiro atoms. The fourth-order valence-corrected chi connectivity index (χ4v) is 3.66. The average molecular weight is 483 g/mol. The normalized spacial score (nSPS) is 13.6. The van der Waals surface area contributed by atoms with Gasteiger partial charge in [-0.15, -0.1) is 0 Å². The summed E-state index contributed by atoms with van der Waals surface area (Å²) >= 11 is 0. The van der Waals surface area contributed by atoms with Gasteiger partial charge in [-0.25, -0.2) is 4.79 Å². The minimum absolute atomic E-state index is 0.0441. The number of aromatic nitrogens is 1. The molecule has 4 rings (SSSR count). The first-order chi connectivity index (χ1) is 16.8. The molecule has 1 saturated heterocycles. The first-order valence-corrected chi connectivity index (χ1v) is 11.0. The van der Waals surface area contributed by atoms with E-state index < -0.39 is 11.7 Å². The Morgan fingerprint density at radius 2 is 1.94 bits per heavy atom. The lowest BCUT2D eigenvalue weighted by Gasteiger charge is -2.15. The second kappa shape index (κ2) is 10.6.